The summed E-state index contributed by atoms with van der Waals surface area (Å²) in [7, 11) is 0. The molecule has 4 rings (SSSR count). The minimum absolute atomic E-state index is 0.218. The van der Waals surface area contributed by atoms with Crippen molar-refractivity contribution in [1.82, 2.24) is 0 Å². The maximum absolute atomic E-state index is 3.54. The van der Waals surface area contributed by atoms with Gasteiger partial charge in [-0.1, -0.05) is 126 Å². The Balaban J connectivity index is 1.90. The number of hydrogen-bond donors (Lipinski definition) is 0. The highest BCUT2D eigenvalue weighted by Crippen LogP contribution is 2.21. The Morgan fingerprint density at radius 1 is 0.500 bits per heavy atom. The molecule has 4 aromatic carbocycles. The fraction of sp³-hybridized carbons (Fsp3) is 0.200. The zero-order valence-electron chi connectivity index (χ0n) is 19.9. The number of benzene rings is 4. The molecule has 0 aliphatic carbocycles. The van der Waals surface area contributed by atoms with Crippen molar-refractivity contribution in [2.75, 3.05) is 0 Å². The summed E-state index contributed by atoms with van der Waals surface area (Å²) in [6, 6.07) is 27.0. The Labute approximate surface area is 201 Å². The van der Waals surface area contributed by atoms with Gasteiger partial charge in [0, 0.05) is 4.47 Å². The standard InChI is InChI=1S/C30H30BBr/c1-19-15-21(3)29(22(4)16-19)31(30-23(5)17-20(2)18-24(30)6)27-11-7-25(8-12-27)26-9-13-28(32)14-10-26/h7-18H,1-6H3. The van der Waals surface area contributed by atoms with Crippen molar-refractivity contribution in [2.45, 2.75) is 41.5 Å². The molecule has 0 atom stereocenters. The van der Waals surface area contributed by atoms with Gasteiger partial charge in [-0.25, -0.2) is 0 Å². The van der Waals surface area contributed by atoms with Crippen LogP contribution in [0.1, 0.15) is 33.4 Å². The van der Waals surface area contributed by atoms with Crippen molar-refractivity contribution in [3.8, 4) is 11.1 Å². The molecule has 0 unspecified atom stereocenters. The van der Waals surface area contributed by atoms with E-state index in [9.17, 15) is 0 Å². The van der Waals surface area contributed by atoms with E-state index < -0.39 is 0 Å². The first-order valence-corrected chi connectivity index (χ1v) is 12.1. The minimum Gasteiger partial charge on any atom is -0.0686 e. The Morgan fingerprint density at radius 3 is 1.22 bits per heavy atom. The van der Waals surface area contributed by atoms with E-state index in [4.69, 9.17) is 0 Å². The first kappa shape index (κ1) is 22.6. The third-order valence-electron chi connectivity index (χ3n) is 6.47. The van der Waals surface area contributed by atoms with Crippen LogP contribution in [0.5, 0.6) is 0 Å². The Morgan fingerprint density at radius 2 is 0.844 bits per heavy atom. The molecule has 0 saturated heterocycles. The van der Waals surface area contributed by atoms with Gasteiger partial charge in [0.05, 0.1) is 0 Å². The van der Waals surface area contributed by atoms with E-state index in [1.807, 2.05) is 0 Å². The molecule has 0 fully saturated rings. The number of aryl methyl sites for hydroxylation is 6. The van der Waals surface area contributed by atoms with Gasteiger partial charge in [-0.15, -0.1) is 0 Å². The van der Waals surface area contributed by atoms with Gasteiger partial charge in [0.2, 0.25) is 6.71 Å². The number of rotatable bonds is 4. The highest BCUT2D eigenvalue weighted by Gasteiger charge is 2.28. The zero-order valence-corrected chi connectivity index (χ0v) is 21.5. The van der Waals surface area contributed by atoms with Gasteiger partial charge >= 0.3 is 0 Å². The van der Waals surface area contributed by atoms with E-state index >= 15 is 0 Å². The van der Waals surface area contributed by atoms with Crippen LogP contribution in [-0.4, -0.2) is 6.71 Å². The first-order chi connectivity index (χ1) is 15.2. The highest BCUT2D eigenvalue weighted by atomic mass is 79.9. The Kier molecular flexibility index (Phi) is 6.44. The number of halogens is 1. The van der Waals surface area contributed by atoms with E-state index in [-0.39, 0.29) is 6.71 Å². The lowest BCUT2D eigenvalue weighted by Gasteiger charge is -2.24. The smallest absolute Gasteiger partial charge is 0.0686 e. The minimum atomic E-state index is 0.218. The quantitative estimate of drug-likeness (QED) is 0.293. The average molecular weight is 481 g/mol. The van der Waals surface area contributed by atoms with Gasteiger partial charge < -0.3 is 0 Å². The molecule has 4 aromatic rings. The van der Waals surface area contributed by atoms with Gasteiger partial charge in [0.15, 0.2) is 0 Å². The summed E-state index contributed by atoms with van der Waals surface area (Å²) in [5.74, 6) is 0. The van der Waals surface area contributed by atoms with Crippen molar-refractivity contribution in [1.29, 1.82) is 0 Å². The van der Waals surface area contributed by atoms with Crippen LogP contribution in [0.2, 0.25) is 0 Å². The topological polar surface area (TPSA) is 0 Å². The Bertz CT molecular complexity index is 1160. The van der Waals surface area contributed by atoms with Crippen LogP contribution >= 0.6 is 15.9 Å². The SMILES string of the molecule is Cc1cc(C)c(B(c2ccc(-c3ccc(Br)cc3)cc2)c2c(C)cc(C)cc2C)c(C)c1. The zero-order chi connectivity index (χ0) is 23.0. The number of hydrogen-bond acceptors (Lipinski definition) is 0. The van der Waals surface area contributed by atoms with Crippen LogP contribution in [0.4, 0.5) is 0 Å². The molecule has 0 N–H and O–H groups in total. The van der Waals surface area contributed by atoms with Crippen molar-refractivity contribution in [3.05, 3.63) is 111 Å². The van der Waals surface area contributed by atoms with Gasteiger partial charge in [0.25, 0.3) is 0 Å². The molecule has 0 spiro atoms. The van der Waals surface area contributed by atoms with Gasteiger partial charge in [-0.05, 0) is 64.8 Å². The molecule has 0 aliphatic heterocycles. The maximum Gasteiger partial charge on any atom is 0.242 e. The highest BCUT2D eigenvalue weighted by molar-refractivity contribution is 9.10. The van der Waals surface area contributed by atoms with E-state index in [1.54, 1.807) is 0 Å². The van der Waals surface area contributed by atoms with E-state index in [2.05, 4.69) is 130 Å². The second-order valence-corrected chi connectivity index (χ2v) is 10.1. The molecule has 0 aromatic heterocycles. The fourth-order valence-electron chi connectivity index (χ4n) is 5.28. The summed E-state index contributed by atoms with van der Waals surface area (Å²) in [6.07, 6.45) is 0. The molecule has 0 aliphatic rings. The van der Waals surface area contributed by atoms with Crippen LogP contribution < -0.4 is 16.4 Å². The molecule has 32 heavy (non-hydrogen) atoms. The largest absolute Gasteiger partial charge is 0.242 e. The molecular weight excluding hydrogens is 451 g/mol. The van der Waals surface area contributed by atoms with Crippen LogP contribution in [0.15, 0.2) is 77.3 Å². The normalized spacial score (nSPS) is 11.0. The summed E-state index contributed by atoms with van der Waals surface area (Å²) < 4.78 is 1.11. The fourth-order valence-corrected chi connectivity index (χ4v) is 5.55. The van der Waals surface area contributed by atoms with Crippen molar-refractivity contribution >= 4 is 39.0 Å². The van der Waals surface area contributed by atoms with Crippen molar-refractivity contribution in [2.24, 2.45) is 0 Å². The molecule has 0 bridgehead atoms. The summed E-state index contributed by atoms with van der Waals surface area (Å²) in [6.45, 7) is 13.6. The predicted octanol–water partition coefficient (Wildman–Crippen LogP) is 6.48. The van der Waals surface area contributed by atoms with Gasteiger partial charge in [-0.3, -0.25) is 0 Å². The van der Waals surface area contributed by atoms with Crippen LogP contribution in [0, 0.1) is 41.5 Å². The van der Waals surface area contributed by atoms with Crippen LogP contribution in [0.25, 0.3) is 11.1 Å². The summed E-state index contributed by atoms with van der Waals surface area (Å²) in [4.78, 5) is 0. The van der Waals surface area contributed by atoms with Crippen LogP contribution in [-0.2, 0) is 0 Å². The molecule has 0 radical (unpaired) electrons. The van der Waals surface area contributed by atoms with Crippen molar-refractivity contribution in [3.63, 3.8) is 0 Å². The molecule has 2 heteroatoms. The molecule has 0 saturated carbocycles. The third kappa shape index (κ3) is 4.47. The molecule has 0 heterocycles. The molecule has 0 nitrogen and oxygen atoms in total. The summed E-state index contributed by atoms with van der Waals surface area (Å²) in [5.41, 5.74) is 14.8. The lowest BCUT2D eigenvalue weighted by molar-refractivity contribution is 1.34. The van der Waals surface area contributed by atoms with Crippen molar-refractivity contribution < 1.29 is 0 Å². The predicted molar refractivity (Wildman–Crippen MR) is 146 cm³/mol. The van der Waals surface area contributed by atoms with Crippen LogP contribution in [0.3, 0.4) is 0 Å². The molecule has 160 valence electrons. The Hall–Kier alpha value is -2.58. The lowest BCUT2D eigenvalue weighted by Crippen LogP contribution is -2.55. The van der Waals surface area contributed by atoms with E-state index in [0.717, 1.165) is 4.47 Å². The first-order valence-electron chi connectivity index (χ1n) is 11.3. The van der Waals surface area contributed by atoms with Gasteiger partial charge in [0.1, 0.15) is 0 Å². The lowest BCUT2D eigenvalue weighted by atomic mass is 9.34. The summed E-state index contributed by atoms with van der Waals surface area (Å²) in [5, 5.41) is 0. The second-order valence-electron chi connectivity index (χ2n) is 9.19. The monoisotopic (exact) mass is 480 g/mol. The van der Waals surface area contributed by atoms with E-state index in [1.165, 1.54) is 60.9 Å². The maximum atomic E-state index is 3.54. The van der Waals surface area contributed by atoms with Gasteiger partial charge in [-0.2, -0.15) is 0 Å². The molecular formula is C30H30BBr. The van der Waals surface area contributed by atoms with E-state index in [0.29, 0.717) is 0 Å². The average Bonchev–Trinajstić information content (AvgIpc) is 2.72. The second kappa shape index (κ2) is 9.12. The summed E-state index contributed by atoms with van der Waals surface area (Å²) >= 11 is 3.54. The third-order valence-corrected chi connectivity index (χ3v) is 7.00. The molecule has 0 amide bonds.